The summed E-state index contributed by atoms with van der Waals surface area (Å²) >= 11 is 0. The molecule has 0 aliphatic heterocycles. The molecule has 1 aromatic carbocycles. The minimum atomic E-state index is -0.572. The van der Waals surface area contributed by atoms with Crippen LogP contribution >= 0.6 is 0 Å². The van der Waals surface area contributed by atoms with Crippen molar-refractivity contribution in [3.05, 3.63) is 35.7 Å². The minimum Gasteiger partial charge on any atom is -0.421 e. The number of aryl methyl sites for hydroxylation is 1. The quantitative estimate of drug-likeness (QED) is 0.826. The number of rotatable bonds is 6. The molecule has 1 aliphatic carbocycles. The molecule has 0 spiro atoms. The van der Waals surface area contributed by atoms with Crippen LogP contribution in [0.15, 0.2) is 22.6 Å². The monoisotopic (exact) mass is 279 g/mol. The number of benzene rings is 1. The lowest BCUT2D eigenvalue weighted by molar-refractivity contribution is 0.487. The molecule has 3 rings (SSSR count). The molecule has 0 amide bonds. The van der Waals surface area contributed by atoms with Crippen molar-refractivity contribution in [1.29, 1.82) is 0 Å². The van der Waals surface area contributed by atoms with Gasteiger partial charge in [0, 0.05) is 12.5 Å². The summed E-state index contributed by atoms with van der Waals surface area (Å²) in [7, 11) is 0. The largest absolute Gasteiger partial charge is 0.421 e. The molecule has 1 saturated carbocycles. The molecule has 0 unspecified atom stereocenters. The van der Waals surface area contributed by atoms with E-state index in [9.17, 15) is 8.78 Å². The van der Waals surface area contributed by atoms with Crippen LogP contribution in [0.2, 0.25) is 0 Å². The Bertz CT molecular complexity index is 596. The lowest BCUT2D eigenvalue weighted by Gasteiger charge is -1.99. The molecule has 0 bridgehead atoms. The van der Waals surface area contributed by atoms with E-state index in [0.717, 1.165) is 31.2 Å². The maximum Gasteiger partial charge on any atom is 0.250 e. The molecule has 2 aromatic rings. The third-order valence-electron chi connectivity index (χ3n) is 3.20. The Kier molecular flexibility index (Phi) is 3.73. The summed E-state index contributed by atoms with van der Waals surface area (Å²) in [5.74, 6) is -0.639. The van der Waals surface area contributed by atoms with E-state index in [2.05, 4.69) is 15.5 Å². The highest BCUT2D eigenvalue weighted by atomic mass is 19.1. The van der Waals surface area contributed by atoms with Gasteiger partial charge in [-0.05, 0) is 44.0 Å². The van der Waals surface area contributed by atoms with Crippen LogP contribution in [0, 0.1) is 11.6 Å². The zero-order chi connectivity index (χ0) is 13.9. The summed E-state index contributed by atoms with van der Waals surface area (Å²) in [5.41, 5.74) is -0.000134. The van der Waals surface area contributed by atoms with Gasteiger partial charge in [-0.25, -0.2) is 8.78 Å². The van der Waals surface area contributed by atoms with Crippen molar-refractivity contribution in [2.45, 2.75) is 31.7 Å². The van der Waals surface area contributed by atoms with Crippen LogP contribution in [0.3, 0.4) is 0 Å². The van der Waals surface area contributed by atoms with Crippen molar-refractivity contribution in [2.75, 3.05) is 6.54 Å². The first kappa shape index (κ1) is 13.2. The van der Waals surface area contributed by atoms with Gasteiger partial charge in [0.1, 0.15) is 11.6 Å². The Morgan fingerprint density at radius 3 is 2.90 bits per heavy atom. The fourth-order valence-corrected chi connectivity index (χ4v) is 1.96. The molecule has 0 saturated heterocycles. The fraction of sp³-hybridized carbons (Fsp3) is 0.429. The fourth-order valence-electron chi connectivity index (χ4n) is 1.96. The molecule has 4 nitrogen and oxygen atoms in total. The van der Waals surface area contributed by atoms with Gasteiger partial charge in [0.15, 0.2) is 0 Å². The molecule has 0 radical (unpaired) electrons. The van der Waals surface area contributed by atoms with Gasteiger partial charge >= 0.3 is 0 Å². The number of aromatic nitrogens is 2. The van der Waals surface area contributed by atoms with Gasteiger partial charge in [0.2, 0.25) is 5.89 Å². The van der Waals surface area contributed by atoms with Crippen LogP contribution < -0.4 is 5.32 Å². The first-order chi connectivity index (χ1) is 9.72. The lowest BCUT2D eigenvalue weighted by atomic mass is 10.2. The first-order valence-corrected chi connectivity index (χ1v) is 6.73. The Labute approximate surface area is 115 Å². The topological polar surface area (TPSA) is 51.0 Å². The predicted octanol–water partition coefficient (Wildman–Crippen LogP) is 2.70. The van der Waals surface area contributed by atoms with E-state index in [-0.39, 0.29) is 11.5 Å². The van der Waals surface area contributed by atoms with E-state index >= 15 is 0 Å². The number of hydrogen-bond donors (Lipinski definition) is 1. The van der Waals surface area contributed by atoms with Gasteiger partial charge in [0.05, 0.1) is 5.56 Å². The molecule has 1 aromatic heterocycles. The normalized spacial score (nSPS) is 14.7. The molecule has 0 atom stereocenters. The molecule has 1 fully saturated rings. The second-order valence-electron chi connectivity index (χ2n) is 4.96. The Balaban J connectivity index is 1.61. The van der Waals surface area contributed by atoms with Crippen LogP contribution in [0.1, 0.15) is 25.2 Å². The molecule has 106 valence electrons. The molecule has 1 aliphatic rings. The Morgan fingerprint density at radius 2 is 2.10 bits per heavy atom. The van der Waals surface area contributed by atoms with Gasteiger partial charge in [-0.3, -0.25) is 0 Å². The van der Waals surface area contributed by atoms with Crippen molar-refractivity contribution < 1.29 is 13.2 Å². The van der Waals surface area contributed by atoms with Gasteiger partial charge in [-0.1, -0.05) is 0 Å². The van der Waals surface area contributed by atoms with E-state index in [1.807, 2.05) is 0 Å². The van der Waals surface area contributed by atoms with E-state index < -0.39 is 11.6 Å². The van der Waals surface area contributed by atoms with E-state index in [0.29, 0.717) is 18.4 Å². The van der Waals surface area contributed by atoms with Crippen molar-refractivity contribution in [3.63, 3.8) is 0 Å². The number of hydrogen-bond acceptors (Lipinski definition) is 4. The smallest absolute Gasteiger partial charge is 0.250 e. The third-order valence-corrected chi connectivity index (χ3v) is 3.20. The SMILES string of the molecule is Fc1ccc(F)c(-c2nnc(CCCNC3CC3)o2)c1. The van der Waals surface area contributed by atoms with Gasteiger partial charge < -0.3 is 9.73 Å². The second-order valence-corrected chi connectivity index (χ2v) is 4.96. The highest BCUT2D eigenvalue weighted by molar-refractivity contribution is 5.53. The van der Waals surface area contributed by atoms with Crippen molar-refractivity contribution in [3.8, 4) is 11.5 Å². The first-order valence-electron chi connectivity index (χ1n) is 6.73. The lowest BCUT2D eigenvalue weighted by Crippen LogP contribution is -2.17. The number of nitrogens with zero attached hydrogens (tertiary/aromatic N) is 2. The van der Waals surface area contributed by atoms with Crippen LogP contribution in [0.25, 0.3) is 11.5 Å². The molecule has 20 heavy (non-hydrogen) atoms. The van der Waals surface area contributed by atoms with Crippen LogP contribution in [0.5, 0.6) is 0 Å². The van der Waals surface area contributed by atoms with E-state index in [1.54, 1.807) is 0 Å². The maximum absolute atomic E-state index is 13.6. The molecule has 1 N–H and O–H groups in total. The van der Waals surface area contributed by atoms with Crippen LogP contribution in [-0.2, 0) is 6.42 Å². The standard InChI is InChI=1S/C14H15F2N3O/c15-9-3-6-12(16)11(8-9)14-19-18-13(20-14)2-1-7-17-10-4-5-10/h3,6,8,10,17H,1-2,4-5,7H2. The number of halogens is 2. The van der Waals surface area contributed by atoms with Crippen molar-refractivity contribution in [1.82, 2.24) is 15.5 Å². The Hall–Kier alpha value is -1.82. The van der Waals surface area contributed by atoms with Gasteiger partial charge in [-0.2, -0.15) is 0 Å². The summed E-state index contributed by atoms with van der Waals surface area (Å²) in [6.07, 6.45) is 4.01. The summed E-state index contributed by atoms with van der Waals surface area (Å²) in [6, 6.07) is 3.84. The van der Waals surface area contributed by atoms with E-state index in [1.165, 1.54) is 12.8 Å². The molecular weight excluding hydrogens is 264 g/mol. The summed E-state index contributed by atoms with van der Waals surface area (Å²) < 4.78 is 32.0. The summed E-state index contributed by atoms with van der Waals surface area (Å²) in [4.78, 5) is 0. The van der Waals surface area contributed by atoms with Gasteiger partial charge in [0.25, 0.3) is 5.89 Å². The van der Waals surface area contributed by atoms with Crippen molar-refractivity contribution in [2.24, 2.45) is 0 Å². The van der Waals surface area contributed by atoms with E-state index in [4.69, 9.17) is 4.42 Å². The minimum absolute atomic E-state index is 0.000134. The average Bonchev–Trinajstić information content (AvgIpc) is 3.15. The summed E-state index contributed by atoms with van der Waals surface area (Å²) in [6.45, 7) is 0.900. The Morgan fingerprint density at radius 1 is 1.25 bits per heavy atom. The maximum atomic E-state index is 13.6. The summed E-state index contributed by atoms with van der Waals surface area (Å²) in [5, 5.41) is 11.0. The average molecular weight is 279 g/mol. The second kappa shape index (κ2) is 5.66. The van der Waals surface area contributed by atoms with Gasteiger partial charge in [-0.15, -0.1) is 10.2 Å². The van der Waals surface area contributed by atoms with Crippen LogP contribution in [0.4, 0.5) is 8.78 Å². The highest BCUT2D eigenvalue weighted by Crippen LogP contribution is 2.23. The zero-order valence-corrected chi connectivity index (χ0v) is 10.9. The predicted molar refractivity (Wildman–Crippen MR) is 69.0 cm³/mol. The zero-order valence-electron chi connectivity index (χ0n) is 10.9. The molecular formula is C14H15F2N3O. The number of nitrogens with one attached hydrogen (secondary N) is 1. The molecule has 6 heteroatoms. The van der Waals surface area contributed by atoms with Crippen molar-refractivity contribution >= 4 is 0 Å². The molecule has 1 heterocycles. The highest BCUT2D eigenvalue weighted by Gasteiger charge is 2.19. The third kappa shape index (κ3) is 3.19. The van der Waals surface area contributed by atoms with Crippen LogP contribution in [-0.4, -0.2) is 22.8 Å².